The van der Waals surface area contributed by atoms with Gasteiger partial charge in [0.05, 0.1) is 12.6 Å². The lowest BCUT2D eigenvalue weighted by atomic mass is 10.2. The summed E-state index contributed by atoms with van der Waals surface area (Å²) < 4.78 is 5.03. The molecular weight excluding hydrogens is 182 g/mol. The van der Waals surface area contributed by atoms with Crippen LogP contribution in [0.15, 0.2) is 23.3 Å². The lowest BCUT2D eigenvalue weighted by molar-refractivity contribution is 0.415. The Labute approximate surface area is 79.8 Å². The number of aromatic amines is 1. The highest BCUT2D eigenvalue weighted by molar-refractivity contribution is 5.94. The Morgan fingerprint density at radius 1 is 1.50 bits per heavy atom. The molecule has 0 saturated carbocycles. The van der Waals surface area contributed by atoms with Crippen LogP contribution in [0.25, 0.3) is 10.9 Å². The molecule has 5 heteroatoms. The summed E-state index contributed by atoms with van der Waals surface area (Å²) in [5, 5.41) is 13.3. The standard InChI is InChI=1S/C9H9N3O2/c1-14-5-2-3-6-7(4-5)11-9(13)8(6)12-10/h2-4,10-11,13H,1H3. The predicted octanol–water partition coefficient (Wildman–Crippen LogP) is 2.54. The lowest BCUT2D eigenvalue weighted by Crippen LogP contribution is -1.80. The summed E-state index contributed by atoms with van der Waals surface area (Å²) in [4.78, 5) is 2.71. The number of fused-ring (bicyclic) bond motifs is 1. The van der Waals surface area contributed by atoms with Crippen LogP contribution in [0, 0.1) is 5.53 Å². The van der Waals surface area contributed by atoms with E-state index in [2.05, 4.69) is 10.1 Å². The first-order valence-corrected chi connectivity index (χ1v) is 4.02. The normalized spacial score (nSPS) is 10.4. The minimum Gasteiger partial charge on any atom is -0.497 e. The molecule has 2 rings (SSSR count). The monoisotopic (exact) mass is 191 g/mol. The van der Waals surface area contributed by atoms with Gasteiger partial charge in [-0.2, -0.15) is 5.11 Å². The molecule has 14 heavy (non-hydrogen) atoms. The second-order valence-electron chi connectivity index (χ2n) is 2.85. The molecule has 0 spiro atoms. The smallest absolute Gasteiger partial charge is 0.218 e. The van der Waals surface area contributed by atoms with Gasteiger partial charge in [0.15, 0.2) is 5.69 Å². The molecule has 1 aromatic carbocycles. The fourth-order valence-corrected chi connectivity index (χ4v) is 1.39. The van der Waals surface area contributed by atoms with Crippen molar-refractivity contribution in [3.63, 3.8) is 0 Å². The first-order chi connectivity index (χ1) is 6.76. The highest BCUT2D eigenvalue weighted by Gasteiger charge is 2.09. The maximum absolute atomic E-state index is 9.39. The van der Waals surface area contributed by atoms with Crippen molar-refractivity contribution in [2.24, 2.45) is 5.11 Å². The minimum absolute atomic E-state index is 0.0942. The van der Waals surface area contributed by atoms with Crippen LogP contribution >= 0.6 is 0 Å². The van der Waals surface area contributed by atoms with Crippen LogP contribution < -0.4 is 4.74 Å². The van der Waals surface area contributed by atoms with E-state index in [0.717, 1.165) is 0 Å². The fourth-order valence-electron chi connectivity index (χ4n) is 1.39. The van der Waals surface area contributed by atoms with Crippen molar-refractivity contribution in [1.29, 1.82) is 5.53 Å². The van der Waals surface area contributed by atoms with Crippen molar-refractivity contribution in [2.45, 2.75) is 0 Å². The van der Waals surface area contributed by atoms with E-state index in [4.69, 9.17) is 10.3 Å². The Morgan fingerprint density at radius 2 is 2.29 bits per heavy atom. The summed E-state index contributed by atoms with van der Waals surface area (Å²) in [6, 6.07) is 5.24. The van der Waals surface area contributed by atoms with Gasteiger partial charge in [0, 0.05) is 11.5 Å². The molecular formula is C9H9N3O2. The molecule has 3 N–H and O–H groups in total. The third kappa shape index (κ3) is 1.10. The zero-order chi connectivity index (χ0) is 10.1. The number of rotatable bonds is 2. The topological polar surface area (TPSA) is 81.5 Å². The van der Waals surface area contributed by atoms with E-state index in [1.807, 2.05) is 0 Å². The van der Waals surface area contributed by atoms with E-state index in [9.17, 15) is 5.11 Å². The first-order valence-electron chi connectivity index (χ1n) is 4.02. The van der Waals surface area contributed by atoms with Crippen molar-refractivity contribution in [3.05, 3.63) is 18.2 Å². The molecule has 0 radical (unpaired) electrons. The summed E-state index contributed by atoms with van der Waals surface area (Å²) in [5.74, 6) is 0.596. The lowest BCUT2D eigenvalue weighted by Gasteiger charge is -1.97. The molecule has 1 heterocycles. The molecule has 0 unspecified atom stereocenters. The summed E-state index contributed by atoms with van der Waals surface area (Å²) in [6.07, 6.45) is 0. The van der Waals surface area contributed by atoms with Crippen molar-refractivity contribution < 1.29 is 9.84 Å². The third-order valence-corrected chi connectivity index (χ3v) is 2.07. The number of ether oxygens (including phenoxy) is 1. The molecule has 0 saturated heterocycles. The molecule has 0 amide bonds. The summed E-state index contributed by atoms with van der Waals surface area (Å²) in [7, 11) is 1.57. The van der Waals surface area contributed by atoms with Gasteiger partial charge in [-0.1, -0.05) is 0 Å². The van der Waals surface area contributed by atoms with E-state index >= 15 is 0 Å². The molecule has 0 atom stereocenters. The third-order valence-electron chi connectivity index (χ3n) is 2.07. The number of hydrogen-bond donors (Lipinski definition) is 3. The zero-order valence-electron chi connectivity index (χ0n) is 7.53. The fraction of sp³-hybridized carbons (Fsp3) is 0.111. The van der Waals surface area contributed by atoms with Gasteiger partial charge in [-0.15, -0.1) is 0 Å². The van der Waals surface area contributed by atoms with Crippen LogP contribution in [0.4, 0.5) is 5.69 Å². The number of hydrogen-bond acceptors (Lipinski definition) is 4. The Hall–Kier alpha value is -2.04. The van der Waals surface area contributed by atoms with Crippen LogP contribution in [-0.4, -0.2) is 17.2 Å². The number of aromatic hydroxyl groups is 1. The number of H-pyrrole nitrogens is 1. The molecule has 5 nitrogen and oxygen atoms in total. The van der Waals surface area contributed by atoms with Gasteiger partial charge in [-0.25, -0.2) is 5.53 Å². The van der Waals surface area contributed by atoms with E-state index in [1.165, 1.54) is 0 Å². The molecule has 0 bridgehead atoms. The number of methoxy groups -OCH3 is 1. The SMILES string of the molecule is COc1ccc2c(N=N)c(O)[nH]c2c1. The maximum atomic E-state index is 9.39. The highest BCUT2D eigenvalue weighted by atomic mass is 16.5. The molecule has 0 aliphatic heterocycles. The van der Waals surface area contributed by atoms with E-state index in [-0.39, 0.29) is 11.6 Å². The summed E-state index contributed by atoms with van der Waals surface area (Å²) in [6.45, 7) is 0. The van der Waals surface area contributed by atoms with Crippen LogP contribution in [0.2, 0.25) is 0 Å². The summed E-state index contributed by atoms with van der Waals surface area (Å²) in [5.41, 5.74) is 7.85. The van der Waals surface area contributed by atoms with Gasteiger partial charge in [-0.05, 0) is 12.1 Å². The Balaban J connectivity index is 2.74. The van der Waals surface area contributed by atoms with Gasteiger partial charge in [-0.3, -0.25) is 0 Å². The average Bonchev–Trinajstić information content (AvgIpc) is 2.51. The van der Waals surface area contributed by atoms with Crippen molar-refractivity contribution in [3.8, 4) is 11.6 Å². The average molecular weight is 191 g/mol. The quantitative estimate of drug-likeness (QED) is 0.637. The number of nitrogens with one attached hydrogen (secondary N) is 2. The van der Waals surface area contributed by atoms with Crippen LogP contribution in [0.5, 0.6) is 11.6 Å². The van der Waals surface area contributed by atoms with Gasteiger partial charge in [0.2, 0.25) is 5.88 Å². The van der Waals surface area contributed by atoms with Gasteiger partial charge in [0.25, 0.3) is 0 Å². The molecule has 1 aromatic heterocycles. The van der Waals surface area contributed by atoms with Gasteiger partial charge < -0.3 is 14.8 Å². The minimum atomic E-state index is -0.0942. The summed E-state index contributed by atoms with van der Waals surface area (Å²) >= 11 is 0. The van der Waals surface area contributed by atoms with E-state index < -0.39 is 0 Å². The number of nitrogens with zero attached hydrogens (tertiary/aromatic N) is 1. The highest BCUT2D eigenvalue weighted by Crippen LogP contribution is 2.36. The second-order valence-corrected chi connectivity index (χ2v) is 2.85. The van der Waals surface area contributed by atoms with Gasteiger partial charge in [0.1, 0.15) is 5.75 Å². The van der Waals surface area contributed by atoms with Crippen molar-refractivity contribution in [1.82, 2.24) is 4.98 Å². The largest absolute Gasteiger partial charge is 0.497 e. The molecule has 72 valence electrons. The number of benzene rings is 1. The van der Waals surface area contributed by atoms with Crippen LogP contribution in [0.1, 0.15) is 0 Å². The van der Waals surface area contributed by atoms with Crippen molar-refractivity contribution >= 4 is 16.6 Å². The molecule has 0 aliphatic rings. The first kappa shape index (κ1) is 8.55. The second kappa shape index (κ2) is 3.02. The van der Waals surface area contributed by atoms with Crippen LogP contribution in [0.3, 0.4) is 0 Å². The Morgan fingerprint density at radius 3 is 2.93 bits per heavy atom. The van der Waals surface area contributed by atoms with Crippen molar-refractivity contribution in [2.75, 3.05) is 7.11 Å². The molecule has 0 fully saturated rings. The Bertz CT molecular complexity index is 490. The maximum Gasteiger partial charge on any atom is 0.218 e. The predicted molar refractivity (Wildman–Crippen MR) is 51.3 cm³/mol. The molecule has 0 aliphatic carbocycles. The number of aromatic nitrogens is 1. The Kier molecular flexibility index (Phi) is 1.85. The van der Waals surface area contributed by atoms with Gasteiger partial charge >= 0.3 is 0 Å². The van der Waals surface area contributed by atoms with E-state index in [1.54, 1.807) is 25.3 Å². The van der Waals surface area contributed by atoms with Crippen LogP contribution in [-0.2, 0) is 0 Å². The van der Waals surface area contributed by atoms with E-state index in [0.29, 0.717) is 16.7 Å². The zero-order valence-corrected chi connectivity index (χ0v) is 7.53. The molecule has 2 aromatic rings.